The number of amides is 2. The van der Waals surface area contributed by atoms with Gasteiger partial charge in [-0.3, -0.25) is 19.2 Å². The summed E-state index contributed by atoms with van der Waals surface area (Å²) in [7, 11) is 1.65. The molecule has 1 atom stereocenters. The van der Waals surface area contributed by atoms with Crippen LogP contribution in [-0.4, -0.2) is 70.8 Å². The average Bonchev–Trinajstić information content (AvgIpc) is 2.92. The Morgan fingerprint density at radius 3 is 2.32 bits per heavy atom. The molecule has 28 heavy (non-hydrogen) atoms. The standard InChI is InChI=1S/C20H24N2O6/c1-13(23)14-3-5-15(6-4-14)28-12-18(25)22-9-7-20(8-10-22)16(19(26)27)11-17(24)21(20)2/h3-6,16H,7-12H2,1-2H3,(H,26,27). The smallest absolute Gasteiger partial charge is 0.309 e. The van der Waals surface area contributed by atoms with Gasteiger partial charge in [0.1, 0.15) is 5.75 Å². The number of Topliss-reactive ketones (excluding diaryl/α,β-unsaturated/α-hetero) is 1. The fourth-order valence-corrected chi connectivity index (χ4v) is 4.15. The molecule has 1 unspecified atom stereocenters. The van der Waals surface area contributed by atoms with E-state index >= 15 is 0 Å². The van der Waals surface area contributed by atoms with Crippen LogP contribution in [0.15, 0.2) is 24.3 Å². The van der Waals surface area contributed by atoms with Gasteiger partial charge in [-0.25, -0.2) is 0 Å². The number of likely N-dealkylation sites (tertiary alicyclic amines) is 2. The van der Waals surface area contributed by atoms with Gasteiger partial charge in [-0.05, 0) is 44.0 Å². The molecule has 2 heterocycles. The molecule has 1 spiro atoms. The van der Waals surface area contributed by atoms with Crippen molar-refractivity contribution in [2.24, 2.45) is 5.92 Å². The number of aliphatic carboxylic acids is 1. The zero-order valence-electron chi connectivity index (χ0n) is 16.0. The second-order valence-electron chi connectivity index (χ2n) is 7.40. The topological polar surface area (TPSA) is 104 Å². The molecule has 2 saturated heterocycles. The summed E-state index contributed by atoms with van der Waals surface area (Å²) in [6, 6.07) is 6.58. The van der Waals surface area contributed by atoms with Crippen molar-refractivity contribution in [1.82, 2.24) is 9.80 Å². The van der Waals surface area contributed by atoms with Gasteiger partial charge in [0, 0.05) is 32.1 Å². The van der Waals surface area contributed by atoms with Crippen molar-refractivity contribution in [3.05, 3.63) is 29.8 Å². The summed E-state index contributed by atoms with van der Waals surface area (Å²) in [5.41, 5.74) is -0.147. The molecule has 8 heteroatoms. The first-order valence-corrected chi connectivity index (χ1v) is 9.25. The van der Waals surface area contributed by atoms with Gasteiger partial charge in [0.2, 0.25) is 5.91 Å². The van der Waals surface area contributed by atoms with E-state index in [1.807, 2.05) is 0 Å². The molecular weight excluding hydrogens is 364 g/mol. The molecule has 1 N–H and O–H groups in total. The molecule has 2 aliphatic heterocycles. The van der Waals surface area contributed by atoms with Crippen LogP contribution in [0.2, 0.25) is 0 Å². The summed E-state index contributed by atoms with van der Waals surface area (Å²) in [6.45, 7) is 2.11. The Bertz CT molecular complexity index is 795. The van der Waals surface area contributed by atoms with Gasteiger partial charge in [-0.15, -0.1) is 0 Å². The van der Waals surface area contributed by atoms with E-state index < -0.39 is 17.4 Å². The molecule has 2 aliphatic rings. The first kappa shape index (κ1) is 19.9. The Labute approximate surface area is 163 Å². The highest BCUT2D eigenvalue weighted by Gasteiger charge is 2.55. The molecule has 1 aromatic rings. The van der Waals surface area contributed by atoms with Crippen LogP contribution in [0, 0.1) is 5.92 Å². The lowest BCUT2D eigenvalue weighted by Crippen LogP contribution is -2.57. The molecular formula is C20H24N2O6. The number of carboxylic acid groups (broad SMARTS) is 1. The van der Waals surface area contributed by atoms with Crippen LogP contribution < -0.4 is 4.74 Å². The highest BCUT2D eigenvalue weighted by Crippen LogP contribution is 2.42. The van der Waals surface area contributed by atoms with Gasteiger partial charge in [0.15, 0.2) is 12.4 Å². The number of rotatable bonds is 5. The van der Waals surface area contributed by atoms with Crippen LogP contribution in [0.25, 0.3) is 0 Å². The molecule has 0 saturated carbocycles. The summed E-state index contributed by atoms with van der Waals surface area (Å²) in [6.07, 6.45) is 0.885. The van der Waals surface area contributed by atoms with Gasteiger partial charge in [0.25, 0.3) is 5.91 Å². The molecule has 8 nitrogen and oxygen atoms in total. The van der Waals surface area contributed by atoms with Crippen molar-refractivity contribution in [2.75, 3.05) is 26.7 Å². The molecule has 0 aromatic heterocycles. The summed E-state index contributed by atoms with van der Waals surface area (Å²) < 4.78 is 5.51. The quantitative estimate of drug-likeness (QED) is 0.760. The number of ether oxygens (including phenoxy) is 1. The van der Waals surface area contributed by atoms with E-state index in [-0.39, 0.29) is 30.6 Å². The van der Waals surface area contributed by atoms with E-state index in [1.165, 1.54) is 6.92 Å². The highest BCUT2D eigenvalue weighted by atomic mass is 16.5. The number of carboxylic acids is 1. The van der Waals surface area contributed by atoms with Crippen LogP contribution in [0.1, 0.15) is 36.5 Å². The van der Waals surface area contributed by atoms with Crippen molar-refractivity contribution < 1.29 is 29.0 Å². The molecule has 3 rings (SSSR count). The minimum Gasteiger partial charge on any atom is -0.484 e. The number of nitrogens with zero attached hydrogens (tertiary/aromatic N) is 2. The van der Waals surface area contributed by atoms with E-state index in [2.05, 4.69) is 0 Å². The Kier molecular flexibility index (Phi) is 5.40. The monoisotopic (exact) mass is 388 g/mol. The molecule has 150 valence electrons. The molecule has 1 aromatic carbocycles. The number of carbonyl (C=O) groups excluding carboxylic acids is 3. The van der Waals surface area contributed by atoms with Crippen molar-refractivity contribution in [3.8, 4) is 5.75 Å². The Hall–Kier alpha value is -2.90. The van der Waals surface area contributed by atoms with Crippen LogP contribution in [0.4, 0.5) is 0 Å². The first-order valence-electron chi connectivity index (χ1n) is 9.25. The summed E-state index contributed by atoms with van der Waals surface area (Å²) in [5.74, 6) is -1.60. The molecule has 0 radical (unpaired) electrons. The number of hydrogen-bond donors (Lipinski definition) is 1. The van der Waals surface area contributed by atoms with Gasteiger partial charge >= 0.3 is 5.97 Å². The maximum Gasteiger partial charge on any atom is 0.309 e. The van der Waals surface area contributed by atoms with Crippen molar-refractivity contribution in [1.29, 1.82) is 0 Å². The van der Waals surface area contributed by atoms with Crippen molar-refractivity contribution >= 4 is 23.6 Å². The molecule has 2 fully saturated rings. The fourth-order valence-electron chi connectivity index (χ4n) is 4.15. The Morgan fingerprint density at radius 1 is 1.18 bits per heavy atom. The minimum atomic E-state index is -0.963. The zero-order valence-corrected chi connectivity index (χ0v) is 16.0. The van der Waals surface area contributed by atoms with E-state index in [4.69, 9.17) is 4.74 Å². The lowest BCUT2D eigenvalue weighted by Gasteiger charge is -2.45. The second-order valence-corrected chi connectivity index (χ2v) is 7.40. The largest absolute Gasteiger partial charge is 0.484 e. The van der Waals surface area contributed by atoms with Gasteiger partial charge < -0.3 is 19.6 Å². The zero-order chi connectivity index (χ0) is 20.5. The maximum absolute atomic E-state index is 12.5. The summed E-state index contributed by atoms with van der Waals surface area (Å²) in [4.78, 5) is 50.6. The third-order valence-electron chi connectivity index (χ3n) is 5.97. The van der Waals surface area contributed by atoms with Gasteiger partial charge in [-0.2, -0.15) is 0 Å². The van der Waals surface area contributed by atoms with E-state index in [1.54, 1.807) is 41.1 Å². The lowest BCUT2D eigenvalue weighted by molar-refractivity contribution is -0.147. The fraction of sp³-hybridized carbons (Fsp3) is 0.500. The predicted octanol–water partition coefficient (Wildman–Crippen LogP) is 1.19. The first-order chi connectivity index (χ1) is 13.2. The second kappa shape index (κ2) is 7.61. The Balaban J connectivity index is 1.57. The highest BCUT2D eigenvalue weighted by molar-refractivity contribution is 5.94. The van der Waals surface area contributed by atoms with E-state index in [9.17, 15) is 24.3 Å². The van der Waals surface area contributed by atoms with Crippen LogP contribution in [-0.2, 0) is 14.4 Å². The Morgan fingerprint density at radius 2 is 1.79 bits per heavy atom. The van der Waals surface area contributed by atoms with E-state index in [0.29, 0.717) is 37.2 Å². The number of benzene rings is 1. The number of carbonyl (C=O) groups is 4. The van der Waals surface area contributed by atoms with Crippen LogP contribution in [0.5, 0.6) is 5.75 Å². The third-order valence-corrected chi connectivity index (χ3v) is 5.97. The number of ketones is 1. The average molecular weight is 388 g/mol. The van der Waals surface area contributed by atoms with Crippen LogP contribution >= 0.6 is 0 Å². The van der Waals surface area contributed by atoms with Crippen molar-refractivity contribution in [2.45, 2.75) is 31.7 Å². The predicted molar refractivity (Wildman–Crippen MR) is 99.0 cm³/mol. The maximum atomic E-state index is 12.5. The van der Waals surface area contributed by atoms with Crippen molar-refractivity contribution in [3.63, 3.8) is 0 Å². The SMILES string of the molecule is CC(=O)c1ccc(OCC(=O)N2CCC3(CC2)C(C(=O)O)CC(=O)N3C)cc1. The van der Waals surface area contributed by atoms with E-state index in [0.717, 1.165) is 0 Å². The lowest BCUT2D eigenvalue weighted by atomic mass is 9.77. The van der Waals surface area contributed by atoms with Gasteiger partial charge in [-0.1, -0.05) is 0 Å². The summed E-state index contributed by atoms with van der Waals surface area (Å²) in [5, 5.41) is 9.50. The minimum absolute atomic E-state index is 0.0130. The summed E-state index contributed by atoms with van der Waals surface area (Å²) >= 11 is 0. The van der Waals surface area contributed by atoms with Crippen LogP contribution in [0.3, 0.4) is 0 Å². The molecule has 0 aliphatic carbocycles. The molecule has 2 amide bonds. The number of piperidine rings is 1. The third kappa shape index (κ3) is 3.58. The number of hydrogen-bond acceptors (Lipinski definition) is 5. The molecule has 0 bridgehead atoms. The van der Waals surface area contributed by atoms with Gasteiger partial charge in [0.05, 0.1) is 11.5 Å². The normalized spacial score (nSPS) is 21.1.